The average molecular weight is 202 g/mol. The maximum atomic E-state index is 5.46. The number of hydrogen-bond acceptors (Lipinski definition) is 3. The van der Waals surface area contributed by atoms with Crippen LogP contribution in [0.2, 0.25) is 0 Å². The van der Waals surface area contributed by atoms with Crippen LogP contribution in [0.4, 0.5) is 0 Å². The molecule has 0 aromatic rings. The van der Waals surface area contributed by atoms with Crippen molar-refractivity contribution in [3.05, 3.63) is 0 Å². The molecule has 0 bridgehead atoms. The van der Waals surface area contributed by atoms with Crippen LogP contribution in [0, 0.1) is 0 Å². The summed E-state index contributed by atoms with van der Waals surface area (Å²) in [5.41, 5.74) is 5.46. The van der Waals surface area contributed by atoms with Crippen molar-refractivity contribution in [2.45, 2.75) is 25.3 Å². The van der Waals surface area contributed by atoms with Gasteiger partial charge in [0, 0.05) is 32.7 Å². The maximum absolute atomic E-state index is 5.46. The molecule has 0 spiro atoms. The summed E-state index contributed by atoms with van der Waals surface area (Å²) in [6.45, 7) is 2.79. The third kappa shape index (κ3) is 4.55. The Hall–Kier alpha value is -0.190. The van der Waals surface area contributed by atoms with Crippen LogP contribution in [0.1, 0.15) is 19.3 Å². The Labute approximate surface area is 85.2 Å². The van der Waals surface area contributed by atoms with E-state index < -0.39 is 0 Å². The van der Waals surface area contributed by atoms with Crippen molar-refractivity contribution in [1.82, 2.24) is 4.90 Å². The van der Waals surface area contributed by atoms with Crippen molar-refractivity contribution < 1.29 is 4.74 Å². The number of thiocarbonyl (C=S) groups is 1. The summed E-state index contributed by atoms with van der Waals surface area (Å²) >= 11 is 4.85. The van der Waals surface area contributed by atoms with Crippen LogP contribution < -0.4 is 5.73 Å². The van der Waals surface area contributed by atoms with Gasteiger partial charge in [0.2, 0.25) is 0 Å². The topological polar surface area (TPSA) is 38.5 Å². The largest absolute Gasteiger partial charge is 0.393 e. The Balaban J connectivity index is 2.17. The second-order valence-corrected chi connectivity index (χ2v) is 4.00. The lowest BCUT2D eigenvalue weighted by Crippen LogP contribution is -2.32. The summed E-state index contributed by atoms with van der Waals surface area (Å²) in [6.07, 6.45) is 3.47. The molecule has 0 saturated heterocycles. The molecule has 1 saturated carbocycles. The monoisotopic (exact) mass is 202 g/mol. The fourth-order valence-corrected chi connectivity index (χ4v) is 1.47. The van der Waals surface area contributed by atoms with Gasteiger partial charge in [-0.1, -0.05) is 12.2 Å². The first kappa shape index (κ1) is 10.9. The molecule has 2 N–H and O–H groups in total. The summed E-state index contributed by atoms with van der Waals surface area (Å²) < 4.78 is 5.05. The van der Waals surface area contributed by atoms with E-state index in [9.17, 15) is 0 Å². The summed E-state index contributed by atoms with van der Waals surface area (Å²) in [5.74, 6) is 0. The standard InChI is InChI=1S/C9H18N2OS/c1-12-7-6-11(8-2-3-8)5-4-9(10)13/h8H,2-7H2,1H3,(H2,10,13). The van der Waals surface area contributed by atoms with Gasteiger partial charge in [0.1, 0.15) is 0 Å². The molecule has 4 heteroatoms. The Bertz CT molecular complexity index is 171. The van der Waals surface area contributed by atoms with E-state index in [0.29, 0.717) is 4.99 Å². The molecule has 1 fully saturated rings. The van der Waals surface area contributed by atoms with E-state index >= 15 is 0 Å². The van der Waals surface area contributed by atoms with Gasteiger partial charge in [-0.25, -0.2) is 0 Å². The van der Waals surface area contributed by atoms with Gasteiger partial charge in [-0.15, -0.1) is 0 Å². The number of rotatable bonds is 7. The minimum absolute atomic E-state index is 0.614. The van der Waals surface area contributed by atoms with E-state index in [1.165, 1.54) is 12.8 Å². The Morgan fingerprint density at radius 3 is 2.69 bits per heavy atom. The van der Waals surface area contributed by atoms with Crippen LogP contribution in [-0.4, -0.2) is 42.7 Å². The van der Waals surface area contributed by atoms with Gasteiger partial charge >= 0.3 is 0 Å². The van der Waals surface area contributed by atoms with Gasteiger partial charge in [0.25, 0.3) is 0 Å². The van der Waals surface area contributed by atoms with E-state index in [4.69, 9.17) is 22.7 Å². The summed E-state index contributed by atoms with van der Waals surface area (Å²) in [5, 5.41) is 0. The molecule has 1 aliphatic rings. The molecule has 0 unspecified atom stereocenters. The lowest BCUT2D eigenvalue weighted by Gasteiger charge is -2.20. The van der Waals surface area contributed by atoms with E-state index in [-0.39, 0.29) is 0 Å². The van der Waals surface area contributed by atoms with Crippen molar-refractivity contribution >= 4 is 17.2 Å². The first-order valence-electron chi connectivity index (χ1n) is 4.75. The fourth-order valence-electron chi connectivity index (χ4n) is 1.38. The summed E-state index contributed by atoms with van der Waals surface area (Å²) in [4.78, 5) is 3.03. The molecule has 3 nitrogen and oxygen atoms in total. The van der Waals surface area contributed by atoms with Gasteiger partial charge in [-0.3, -0.25) is 4.90 Å². The van der Waals surface area contributed by atoms with Gasteiger partial charge in [-0.05, 0) is 12.8 Å². The number of nitrogens with two attached hydrogens (primary N) is 1. The van der Waals surface area contributed by atoms with Gasteiger partial charge in [-0.2, -0.15) is 0 Å². The van der Waals surface area contributed by atoms with E-state index in [2.05, 4.69) is 4.90 Å². The SMILES string of the molecule is COCCN(CCC(N)=S)C1CC1. The van der Waals surface area contributed by atoms with Crippen molar-refractivity contribution in [2.24, 2.45) is 5.73 Å². The molecule has 0 aromatic carbocycles. The van der Waals surface area contributed by atoms with Crippen LogP contribution in [0.25, 0.3) is 0 Å². The first-order chi connectivity index (χ1) is 6.24. The lowest BCUT2D eigenvalue weighted by molar-refractivity contribution is 0.145. The Morgan fingerprint density at radius 2 is 2.23 bits per heavy atom. The molecular weight excluding hydrogens is 184 g/mol. The molecule has 0 aromatic heterocycles. The van der Waals surface area contributed by atoms with Crippen LogP contribution in [0.5, 0.6) is 0 Å². The number of hydrogen-bond donors (Lipinski definition) is 1. The highest BCUT2D eigenvalue weighted by atomic mass is 32.1. The van der Waals surface area contributed by atoms with Crippen LogP contribution in [0.3, 0.4) is 0 Å². The second-order valence-electron chi connectivity index (χ2n) is 3.48. The van der Waals surface area contributed by atoms with Gasteiger partial charge in [0.05, 0.1) is 11.6 Å². The van der Waals surface area contributed by atoms with E-state index in [1.54, 1.807) is 7.11 Å². The Kier molecular flexibility index (Phi) is 4.62. The number of methoxy groups -OCH3 is 1. The van der Waals surface area contributed by atoms with E-state index in [1.807, 2.05) is 0 Å². The molecule has 0 radical (unpaired) electrons. The smallest absolute Gasteiger partial charge is 0.0740 e. The molecule has 0 atom stereocenters. The molecular formula is C9H18N2OS. The second kappa shape index (κ2) is 5.52. The fraction of sp³-hybridized carbons (Fsp3) is 0.889. The minimum atomic E-state index is 0.614. The quantitative estimate of drug-likeness (QED) is 0.619. The van der Waals surface area contributed by atoms with Crippen molar-refractivity contribution in [3.8, 4) is 0 Å². The molecule has 0 amide bonds. The third-order valence-electron chi connectivity index (χ3n) is 2.29. The highest BCUT2D eigenvalue weighted by Gasteiger charge is 2.28. The molecule has 0 aliphatic heterocycles. The molecule has 1 aliphatic carbocycles. The van der Waals surface area contributed by atoms with Crippen molar-refractivity contribution in [2.75, 3.05) is 26.8 Å². The summed E-state index contributed by atoms with van der Waals surface area (Å²) in [7, 11) is 1.73. The van der Waals surface area contributed by atoms with Crippen LogP contribution >= 0.6 is 12.2 Å². The van der Waals surface area contributed by atoms with E-state index in [0.717, 1.165) is 32.2 Å². The zero-order chi connectivity index (χ0) is 9.68. The minimum Gasteiger partial charge on any atom is -0.393 e. The number of nitrogens with zero attached hydrogens (tertiary/aromatic N) is 1. The lowest BCUT2D eigenvalue weighted by atomic mass is 10.3. The van der Waals surface area contributed by atoms with Crippen LogP contribution in [0.15, 0.2) is 0 Å². The molecule has 13 heavy (non-hydrogen) atoms. The predicted octanol–water partition coefficient (Wildman–Crippen LogP) is 0.773. The van der Waals surface area contributed by atoms with Crippen molar-refractivity contribution in [3.63, 3.8) is 0 Å². The number of ether oxygens (including phenoxy) is 1. The third-order valence-corrected chi connectivity index (χ3v) is 2.50. The van der Waals surface area contributed by atoms with Crippen LogP contribution in [-0.2, 0) is 4.74 Å². The molecule has 0 heterocycles. The zero-order valence-electron chi connectivity index (χ0n) is 8.16. The van der Waals surface area contributed by atoms with Crippen molar-refractivity contribution in [1.29, 1.82) is 0 Å². The maximum Gasteiger partial charge on any atom is 0.0740 e. The molecule has 76 valence electrons. The zero-order valence-corrected chi connectivity index (χ0v) is 8.98. The highest BCUT2D eigenvalue weighted by Crippen LogP contribution is 2.26. The average Bonchev–Trinajstić information content (AvgIpc) is 2.87. The molecule has 1 rings (SSSR count). The summed E-state index contributed by atoms with van der Waals surface area (Å²) in [6, 6.07) is 0.768. The predicted molar refractivity (Wildman–Crippen MR) is 57.9 cm³/mol. The highest BCUT2D eigenvalue weighted by molar-refractivity contribution is 7.80. The normalized spacial score (nSPS) is 16.5. The Morgan fingerprint density at radius 1 is 1.54 bits per heavy atom. The first-order valence-corrected chi connectivity index (χ1v) is 5.16. The van der Waals surface area contributed by atoms with Gasteiger partial charge in [0.15, 0.2) is 0 Å². The van der Waals surface area contributed by atoms with Gasteiger partial charge < -0.3 is 10.5 Å².